The second kappa shape index (κ2) is 5.70. The summed E-state index contributed by atoms with van der Waals surface area (Å²) in [5.41, 5.74) is 2.92. The first kappa shape index (κ1) is 15.6. The van der Waals surface area contributed by atoms with Gasteiger partial charge in [0.15, 0.2) is 0 Å². The fourth-order valence-corrected chi connectivity index (χ4v) is 3.28. The molecule has 1 amide bonds. The number of nitrogens with one attached hydrogen (secondary N) is 1. The zero-order chi connectivity index (χ0) is 15.9. The SMILES string of the molecule is [B]S(=O)(=O)NCc1ccc2c(c1)C(C)CC(=O)N2CC1CC1. The van der Waals surface area contributed by atoms with Crippen LogP contribution >= 0.6 is 0 Å². The molecule has 0 aromatic heterocycles. The van der Waals surface area contributed by atoms with Crippen LogP contribution in [-0.4, -0.2) is 28.0 Å². The Morgan fingerprint density at radius 1 is 1.36 bits per heavy atom. The van der Waals surface area contributed by atoms with E-state index in [1.165, 1.54) is 12.8 Å². The number of rotatable bonds is 5. The average Bonchev–Trinajstić information content (AvgIpc) is 3.24. The highest BCUT2D eigenvalue weighted by Gasteiger charge is 2.33. The summed E-state index contributed by atoms with van der Waals surface area (Å²) in [6.45, 7) is 2.99. The number of benzene rings is 1. The summed E-state index contributed by atoms with van der Waals surface area (Å²) in [7, 11) is 1.26. The summed E-state index contributed by atoms with van der Waals surface area (Å²) in [6.07, 6.45) is 2.90. The van der Waals surface area contributed by atoms with Crippen LogP contribution in [-0.2, 0) is 21.2 Å². The zero-order valence-electron chi connectivity index (χ0n) is 12.6. The Kier molecular flexibility index (Phi) is 4.03. The average molecular weight is 318 g/mol. The van der Waals surface area contributed by atoms with E-state index < -0.39 is 9.87 Å². The van der Waals surface area contributed by atoms with Gasteiger partial charge >= 0.3 is 0 Å². The third-order valence-electron chi connectivity index (χ3n) is 4.31. The molecule has 1 unspecified atom stereocenters. The van der Waals surface area contributed by atoms with Crippen molar-refractivity contribution in [2.45, 2.75) is 38.6 Å². The standard InChI is InChI=1S/C15H19BN2O3S/c1-10-6-15(19)18(9-11-2-3-11)14-5-4-12(7-13(10)14)8-17-22(16,20)21/h4-5,7,10-11,17H,2-3,6,8-9H2,1H3. The Morgan fingerprint density at radius 2 is 2.09 bits per heavy atom. The number of amides is 1. The van der Waals surface area contributed by atoms with Crippen molar-refractivity contribution >= 4 is 28.6 Å². The molecule has 0 bridgehead atoms. The molecule has 1 aliphatic heterocycles. The summed E-state index contributed by atoms with van der Waals surface area (Å²) in [5, 5.41) is 0. The van der Waals surface area contributed by atoms with E-state index in [1.807, 2.05) is 30.0 Å². The van der Waals surface area contributed by atoms with Gasteiger partial charge in [-0.25, -0.2) is 13.1 Å². The second-order valence-electron chi connectivity index (χ2n) is 6.31. The summed E-state index contributed by atoms with van der Waals surface area (Å²) in [6, 6.07) is 5.75. The van der Waals surface area contributed by atoms with Crippen LogP contribution in [0.25, 0.3) is 0 Å². The molecule has 2 radical (unpaired) electrons. The van der Waals surface area contributed by atoms with Gasteiger partial charge in [-0.05, 0) is 41.9 Å². The first-order valence-corrected chi connectivity index (χ1v) is 9.08. The van der Waals surface area contributed by atoms with Crippen molar-refractivity contribution < 1.29 is 13.2 Å². The number of nitrogens with zero attached hydrogens (tertiary/aromatic N) is 1. The van der Waals surface area contributed by atoms with Crippen molar-refractivity contribution in [2.75, 3.05) is 11.4 Å². The lowest BCUT2D eigenvalue weighted by molar-refractivity contribution is -0.119. The van der Waals surface area contributed by atoms with E-state index in [9.17, 15) is 13.2 Å². The minimum atomic E-state index is -3.70. The molecule has 0 spiro atoms. The van der Waals surface area contributed by atoms with Crippen molar-refractivity contribution in [2.24, 2.45) is 5.92 Å². The minimum Gasteiger partial charge on any atom is -0.312 e. The van der Waals surface area contributed by atoms with E-state index in [1.54, 1.807) is 0 Å². The molecule has 1 aromatic rings. The van der Waals surface area contributed by atoms with Crippen molar-refractivity contribution in [3.05, 3.63) is 29.3 Å². The summed E-state index contributed by atoms with van der Waals surface area (Å²) in [5.74, 6) is 0.962. The molecule has 1 fully saturated rings. The first-order valence-electron chi connectivity index (χ1n) is 7.54. The summed E-state index contributed by atoms with van der Waals surface area (Å²) < 4.78 is 24.3. The van der Waals surface area contributed by atoms with E-state index in [2.05, 4.69) is 4.72 Å². The molecule has 1 atom stereocenters. The largest absolute Gasteiger partial charge is 0.312 e. The number of carbonyl (C=O) groups excluding carboxylic acids is 1. The van der Waals surface area contributed by atoms with Crippen molar-refractivity contribution in [3.8, 4) is 0 Å². The fraction of sp³-hybridized carbons (Fsp3) is 0.533. The molecule has 1 heterocycles. The molecule has 22 heavy (non-hydrogen) atoms. The van der Waals surface area contributed by atoms with Gasteiger partial charge in [-0.15, -0.1) is 0 Å². The molecule has 1 N–H and O–H groups in total. The summed E-state index contributed by atoms with van der Waals surface area (Å²) >= 11 is 0. The molecule has 2 aliphatic rings. The third kappa shape index (κ3) is 3.52. The normalized spacial score (nSPS) is 21.8. The predicted octanol–water partition coefficient (Wildman–Crippen LogP) is 1.44. The van der Waals surface area contributed by atoms with Crippen LogP contribution in [0.2, 0.25) is 0 Å². The lowest BCUT2D eigenvalue weighted by atomic mass is 9.89. The smallest absolute Gasteiger partial charge is 0.277 e. The number of carbonyl (C=O) groups is 1. The van der Waals surface area contributed by atoms with E-state index in [4.69, 9.17) is 7.12 Å². The Labute approximate surface area is 132 Å². The maximum absolute atomic E-state index is 12.3. The van der Waals surface area contributed by atoms with Crippen LogP contribution in [0.3, 0.4) is 0 Å². The fourth-order valence-electron chi connectivity index (χ4n) is 2.91. The molecule has 116 valence electrons. The molecule has 1 aliphatic carbocycles. The maximum atomic E-state index is 12.3. The van der Waals surface area contributed by atoms with Crippen LogP contribution in [0.4, 0.5) is 5.69 Å². The molecule has 3 rings (SSSR count). The second-order valence-corrected chi connectivity index (χ2v) is 7.69. The molecule has 1 saturated carbocycles. The molecular formula is C15H19BN2O3S. The summed E-state index contributed by atoms with van der Waals surface area (Å²) in [4.78, 5) is 14.2. The number of anilines is 1. The van der Waals surface area contributed by atoms with Gasteiger partial charge in [0, 0.05) is 25.2 Å². The Balaban J connectivity index is 1.85. The molecule has 7 heteroatoms. The van der Waals surface area contributed by atoms with E-state index in [-0.39, 0.29) is 18.4 Å². The van der Waals surface area contributed by atoms with E-state index >= 15 is 0 Å². The van der Waals surface area contributed by atoms with Gasteiger partial charge < -0.3 is 4.90 Å². The van der Waals surface area contributed by atoms with Crippen LogP contribution in [0.5, 0.6) is 0 Å². The Bertz CT molecular complexity index is 701. The molecule has 0 saturated heterocycles. The molecule has 1 aromatic carbocycles. The lowest BCUT2D eigenvalue weighted by Gasteiger charge is -2.33. The van der Waals surface area contributed by atoms with E-state index in [0.717, 1.165) is 23.4 Å². The van der Waals surface area contributed by atoms with Gasteiger partial charge in [-0.1, -0.05) is 19.1 Å². The van der Waals surface area contributed by atoms with Crippen molar-refractivity contribution in [1.29, 1.82) is 0 Å². The van der Waals surface area contributed by atoms with Gasteiger partial charge in [-0.2, -0.15) is 0 Å². The third-order valence-corrected chi connectivity index (χ3v) is 4.86. The highest BCUT2D eigenvalue weighted by molar-refractivity contribution is 8.10. The maximum Gasteiger partial charge on any atom is 0.277 e. The highest BCUT2D eigenvalue weighted by Crippen LogP contribution is 2.39. The van der Waals surface area contributed by atoms with Gasteiger partial charge in [0.25, 0.3) is 7.12 Å². The monoisotopic (exact) mass is 318 g/mol. The van der Waals surface area contributed by atoms with Crippen LogP contribution in [0.1, 0.15) is 43.2 Å². The Morgan fingerprint density at radius 3 is 2.73 bits per heavy atom. The van der Waals surface area contributed by atoms with Crippen molar-refractivity contribution in [1.82, 2.24) is 4.72 Å². The number of fused-ring (bicyclic) bond motifs is 1. The number of hydrogen-bond donors (Lipinski definition) is 1. The Hall–Kier alpha value is -1.34. The zero-order valence-corrected chi connectivity index (χ0v) is 13.4. The van der Waals surface area contributed by atoms with Gasteiger partial charge in [0.1, 0.15) is 9.87 Å². The predicted molar refractivity (Wildman–Crippen MR) is 86.1 cm³/mol. The van der Waals surface area contributed by atoms with Gasteiger partial charge in [0.2, 0.25) is 5.91 Å². The van der Waals surface area contributed by atoms with Crippen LogP contribution < -0.4 is 9.62 Å². The van der Waals surface area contributed by atoms with Crippen LogP contribution in [0, 0.1) is 5.92 Å². The topological polar surface area (TPSA) is 66.5 Å². The van der Waals surface area contributed by atoms with Gasteiger partial charge in [-0.3, -0.25) is 4.79 Å². The molecule has 5 nitrogen and oxygen atoms in total. The quantitative estimate of drug-likeness (QED) is 0.836. The van der Waals surface area contributed by atoms with Crippen LogP contribution in [0.15, 0.2) is 18.2 Å². The lowest BCUT2D eigenvalue weighted by Crippen LogP contribution is -2.37. The number of hydrogen-bond acceptors (Lipinski definition) is 3. The minimum absolute atomic E-state index is 0.146. The van der Waals surface area contributed by atoms with Crippen molar-refractivity contribution in [3.63, 3.8) is 0 Å². The van der Waals surface area contributed by atoms with E-state index in [0.29, 0.717) is 12.3 Å². The van der Waals surface area contributed by atoms with Gasteiger partial charge in [0.05, 0.1) is 0 Å². The molecular weight excluding hydrogens is 299 g/mol. The highest BCUT2D eigenvalue weighted by atomic mass is 32.2. The first-order chi connectivity index (χ1) is 10.3.